The first-order valence-electron chi connectivity index (χ1n) is 9.68. The maximum Gasteiger partial charge on any atom is 0.219 e. The number of likely N-dealkylation sites (tertiary alicyclic amines) is 1. The van der Waals surface area contributed by atoms with Crippen molar-refractivity contribution in [2.75, 3.05) is 26.2 Å². The fourth-order valence-corrected chi connectivity index (χ4v) is 4.07. The summed E-state index contributed by atoms with van der Waals surface area (Å²) >= 11 is 0. The van der Waals surface area contributed by atoms with Crippen LogP contribution in [0.15, 0.2) is 47.1 Å². The molecule has 5 heteroatoms. The van der Waals surface area contributed by atoms with Crippen LogP contribution in [-0.2, 0) is 11.3 Å². The Labute approximate surface area is 161 Å². The monoisotopic (exact) mass is 372 g/mol. The minimum absolute atomic E-state index is 0.103. The van der Waals surface area contributed by atoms with E-state index in [4.69, 9.17) is 4.42 Å². The second kappa shape index (κ2) is 8.70. The van der Waals surface area contributed by atoms with Gasteiger partial charge in [-0.1, -0.05) is 26.0 Å². The first-order valence-corrected chi connectivity index (χ1v) is 9.68. The van der Waals surface area contributed by atoms with Crippen LogP contribution in [0, 0.1) is 17.7 Å². The van der Waals surface area contributed by atoms with E-state index in [9.17, 15) is 9.18 Å². The van der Waals surface area contributed by atoms with E-state index in [0.29, 0.717) is 12.5 Å². The lowest BCUT2D eigenvalue weighted by molar-refractivity contribution is -0.130. The average molecular weight is 372 g/mol. The van der Waals surface area contributed by atoms with Gasteiger partial charge in [0.15, 0.2) is 0 Å². The van der Waals surface area contributed by atoms with E-state index >= 15 is 0 Å². The van der Waals surface area contributed by atoms with Gasteiger partial charge in [0.05, 0.1) is 12.8 Å². The molecule has 0 spiro atoms. The van der Waals surface area contributed by atoms with Gasteiger partial charge < -0.3 is 9.32 Å². The minimum Gasteiger partial charge on any atom is -0.468 e. The van der Waals surface area contributed by atoms with E-state index < -0.39 is 0 Å². The van der Waals surface area contributed by atoms with E-state index in [1.54, 1.807) is 25.3 Å². The normalized spacial score (nSPS) is 20.3. The van der Waals surface area contributed by atoms with Gasteiger partial charge in [0.25, 0.3) is 0 Å². The highest BCUT2D eigenvalue weighted by molar-refractivity contribution is 5.73. The molecule has 2 atom stereocenters. The molecular formula is C22H29FN2O2. The standard InChI is InChI=1S/C22H29FN2O2/c1-16(2)11-25(17(3)26)13-19-12-24(14-21-8-5-9-27-21)15-22(19)18-6-4-7-20(23)10-18/h4-10,16,19,22H,11-15H2,1-3H3/t19-,22-/m1/s1. The zero-order chi connectivity index (χ0) is 19.4. The fraction of sp³-hybridized carbons (Fsp3) is 0.500. The number of carbonyl (C=O) groups is 1. The summed E-state index contributed by atoms with van der Waals surface area (Å²) in [5.41, 5.74) is 1.01. The molecule has 27 heavy (non-hydrogen) atoms. The lowest BCUT2D eigenvalue weighted by Gasteiger charge is -2.29. The zero-order valence-electron chi connectivity index (χ0n) is 16.4. The van der Waals surface area contributed by atoms with Crippen LogP contribution in [0.2, 0.25) is 0 Å². The summed E-state index contributed by atoms with van der Waals surface area (Å²) in [6.07, 6.45) is 1.69. The van der Waals surface area contributed by atoms with Crippen LogP contribution in [0.4, 0.5) is 4.39 Å². The van der Waals surface area contributed by atoms with Gasteiger partial charge >= 0.3 is 0 Å². The number of nitrogens with zero attached hydrogens (tertiary/aromatic N) is 2. The highest BCUT2D eigenvalue weighted by Gasteiger charge is 2.35. The Morgan fingerprint density at radius 2 is 2.11 bits per heavy atom. The summed E-state index contributed by atoms with van der Waals surface area (Å²) in [4.78, 5) is 16.4. The molecule has 0 saturated carbocycles. The third-order valence-corrected chi connectivity index (χ3v) is 5.24. The van der Waals surface area contributed by atoms with E-state index in [1.165, 1.54) is 6.07 Å². The van der Waals surface area contributed by atoms with Crippen molar-refractivity contribution in [2.45, 2.75) is 33.2 Å². The third kappa shape index (κ3) is 5.19. The lowest BCUT2D eigenvalue weighted by atomic mass is 9.88. The van der Waals surface area contributed by atoms with Gasteiger partial charge in [-0.15, -0.1) is 0 Å². The molecule has 0 unspecified atom stereocenters. The van der Waals surface area contributed by atoms with Crippen molar-refractivity contribution >= 4 is 5.91 Å². The van der Waals surface area contributed by atoms with Gasteiger partial charge in [-0.25, -0.2) is 4.39 Å². The summed E-state index contributed by atoms with van der Waals surface area (Å²) in [6.45, 7) is 9.76. The first kappa shape index (κ1) is 19.6. The fourth-order valence-electron chi connectivity index (χ4n) is 4.07. The van der Waals surface area contributed by atoms with E-state index in [2.05, 4.69) is 18.7 Å². The molecular weight excluding hydrogens is 343 g/mol. The smallest absolute Gasteiger partial charge is 0.219 e. The molecule has 0 bridgehead atoms. The van der Waals surface area contributed by atoms with Crippen LogP contribution in [0.3, 0.4) is 0 Å². The molecule has 3 rings (SSSR count). The first-order chi connectivity index (χ1) is 12.9. The van der Waals surface area contributed by atoms with Crippen molar-refractivity contribution in [2.24, 2.45) is 11.8 Å². The second-order valence-electron chi connectivity index (χ2n) is 8.01. The van der Waals surface area contributed by atoms with Crippen molar-refractivity contribution < 1.29 is 13.6 Å². The van der Waals surface area contributed by atoms with Gasteiger partial charge in [0.1, 0.15) is 11.6 Å². The van der Waals surface area contributed by atoms with Crippen molar-refractivity contribution in [1.29, 1.82) is 0 Å². The molecule has 146 valence electrons. The lowest BCUT2D eigenvalue weighted by Crippen LogP contribution is -2.38. The molecule has 1 aromatic heterocycles. The summed E-state index contributed by atoms with van der Waals surface area (Å²) < 4.78 is 19.3. The number of benzene rings is 1. The Morgan fingerprint density at radius 3 is 2.74 bits per heavy atom. The molecule has 2 heterocycles. The maximum absolute atomic E-state index is 13.8. The van der Waals surface area contributed by atoms with Crippen molar-refractivity contribution in [3.8, 4) is 0 Å². The number of carbonyl (C=O) groups excluding carboxylic acids is 1. The molecule has 1 aliphatic rings. The molecule has 0 radical (unpaired) electrons. The Morgan fingerprint density at radius 1 is 1.30 bits per heavy atom. The highest BCUT2D eigenvalue weighted by Crippen LogP contribution is 2.34. The van der Waals surface area contributed by atoms with Crippen LogP contribution in [0.5, 0.6) is 0 Å². The number of amides is 1. The quantitative estimate of drug-likeness (QED) is 0.733. The Kier molecular flexibility index (Phi) is 6.32. The summed E-state index contributed by atoms with van der Waals surface area (Å²) in [5, 5.41) is 0. The zero-order valence-corrected chi connectivity index (χ0v) is 16.4. The Balaban J connectivity index is 1.79. The predicted molar refractivity (Wildman–Crippen MR) is 104 cm³/mol. The highest BCUT2D eigenvalue weighted by atomic mass is 19.1. The van der Waals surface area contributed by atoms with Crippen molar-refractivity contribution in [3.05, 3.63) is 59.8 Å². The van der Waals surface area contributed by atoms with Gasteiger partial charge in [0.2, 0.25) is 5.91 Å². The topological polar surface area (TPSA) is 36.7 Å². The molecule has 4 nitrogen and oxygen atoms in total. The Hall–Kier alpha value is -2.14. The average Bonchev–Trinajstić information content (AvgIpc) is 3.24. The largest absolute Gasteiger partial charge is 0.468 e. The molecule has 1 fully saturated rings. The minimum atomic E-state index is -0.207. The van der Waals surface area contributed by atoms with Crippen LogP contribution in [0.25, 0.3) is 0 Å². The number of rotatable bonds is 7. The van der Waals surface area contributed by atoms with Gasteiger partial charge in [-0.2, -0.15) is 0 Å². The number of furan rings is 1. The Bertz CT molecular complexity index is 745. The second-order valence-corrected chi connectivity index (χ2v) is 8.01. The van der Waals surface area contributed by atoms with Gasteiger partial charge in [-0.05, 0) is 41.7 Å². The molecule has 2 aromatic rings. The molecule has 1 aromatic carbocycles. The van der Waals surface area contributed by atoms with Crippen molar-refractivity contribution in [1.82, 2.24) is 9.80 Å². The summed E-state index contributed by atoms with van der Waals surface area (Å²) in [5.74, 6) is 1.71. The van der Waals surface area contributed by atoms with E-state index in [-0.39, 0.29) is 23.6 Å². The SMILES string of the molecule is CC(=O)N(CC(C)C)C[C@H]1CN(Cc2ccco2)C[C@@H]1c1cccc(F)c1. The summed E-state index contributed by atoms with van der Waals surface area (Å²) in [6, 6.07) is 10.8. The number of halogens is 1. The molecule has 1 amide bonds. The maximum atomic E-state index is 13.8. The molecule has 0 aliphatic carbocycles. The van der Waals surface area contributed by atoms with Crippen LogP contribution in [0.1, 0.15) is 38.0 Å². The molecule has 1 saturated heterocycles. The van der Waals surface area contributed by atoms with E-state index in [0.717, 1.165) is 37.5 Å². The molecule has 0 N–H and O–H groups in total. The summed E-state index contributed by atoms with van der Waals surface area (Å²) in [7, 11) is 0. The van der Waals surface area contributed by atoms with Crippen LogP contribution < -0.4 is 0 Å². The number of hydrogen-bond acceptors (Lipinski definition) is 3. The molecule has 1 aliphatic heterocycles. The third-order valence-electron chi connectivity index (χ3n) is 5.24. The predicted octanol–water partition coefficient (Wildman–Crippen LogP) is 4.14. The van der Waals surface area contributed by atoms with Gasteiger partial charge in [0, 0.05) is 39.0 Å². The van der Waals surface area contributed by atoms with Crippen molar-refractivity contribution in [3.63, 3.8) is 0 Å². The van der Waals surface area contributed by atoms with E-state index in [1.807, 2.05) is 23.1 Å². The number of hydrogen-bond donors (Lipinski definition) is 0. The van der Waals surface area contributed by atoms with Gasteiger partial charge in [-0.3, -0.25) is 9.69 Å². The van der Waals surface area contributed by atoms with Crippen LogP contribution >= 0.6 is 0 Å². The van der Waals surface area contributed by atoms with Crippen LogP contribution in [-0.4, -0.2) is 41.9 Å².